The van der Waals surface area contributed by atoms with Crippen molar-refractivity contribution >= 4 is 128 Å². The van der Waals surface area contributed by atoms with Crippen LogP contribution in [0.15, 0.2) is 146 Å². The number of allylic oxidation sites excluding steroid dienone is 2. The molecule has 0 unspecified atom stereocenters. The smallest absolute Gasteiger partial charge is 0.315 e. The predicted molar refractivity (Wildman–Crippen MR) is 309 cm³/mol. The summed E-state index contributed by atoms with van der Waals surface area (Å²) >= 11 is 0. The molecule has 2 aromatic heterocycles. The fraction of sp³-hybridized carbons (Fsp3) is 0.0943. The van der Waals surface area contributed by atoms with E-state index in [1.807, 2.05) is 0 Å². The zero-order valence-corrected chi connectivity index (χ0v) is 45.0. The predicted octanol–water partition coefficient (Wildman–Crippen LogP) is 9.62. The number of fused-ring (bicyclic) bond motifs is 2. The van der Waals surface area contributed by atoms with Gasteiger partial charge in [0.2, 0.25) is 23.8 Å². The maximum Gasteiger partial charge on any atom is 0.315 e. The highest BCUT2D eigenvalue weighted by Crippen LogP contribution is 2.45. The van der Waals surface area contributed by atoms with E-state index in [0.29, 0.717) is 10.8 Å². The number of phenolic OH excluding ortho intramolecular Hbond substituents is 5. The molecule has 7 aromatic carbocycles. The first-order valence-corrected chi connectivity index (χ1v) is 27.8. The summed E-state index contributed by atoms with van der Waals surface area (Å²) in [4.78, 5) is 39.3. The molecule has 28 nitrogen and oxygen atoms in total. The van der Waals surface area contributed by atoms with Crippen LogP contribution in [0.4, 0.5) is 83.8 Å². The number of nitrogens with zero attached hydrogens (tertiary/aromatic N) is 9. The molecule has 9 aromatic rings. The number of carbonyl (C=O) groups excluding carboxylic acids is 1. The van der Waals surface area contributed by atoms with Crippen LogP contribution in [0.5, 0.6) is 28.7 Å². The molecule has 0 saturated heterocycles. The topological polar surface area (TPSA) is 426 Å². The Morgan fingerprint density at radius 2 is 1.11 bits per heavy atom. The second kappa shape index (κ2) is 23.9. The average molecular weight is 1200 g/mol. The zero-order chi connectivity index (χ0) is 60.2. The summed E-state index contributed by atoms with van der Waals surface area (Å²) in [5.74, 6) is -3.28. The number of azo groups is 1. The largest absolute Gasteiger partial charge is 0.507 e. The third-order valence-corrected chi connectivity index (χ3v) is 14.4. The van der Waals surface area contributed by atoms with E-state index in [1.54, 1.807) is 36.4 Å². The SMILES string of the molecule is O=C1CCC(S(=O)(=O)O)=CC1=Nc1ccc2cccc(O)c2c1NNc1cccc(Nc2nc(F)nc(NCCCNc3nc(F)nc(Nc4cccc(N=Nc5c(Nc6cc(S(=O)(=O)O)ccc6O)ccc6cccc(O)c56)c4O)n3)n2)c1O. The summed E-state index contributed by atoms with van der Waals surface area (Å²) in [6.07, 6.45) is -1.57. The van der Waals surface area contributed by atoms with Gasteiger partial charge in [0, 0.05) is 19.5 Å². The van der Waals surface area contributed by atoms with Crippen molar-refractivity contribution in [3.8, 4) is 28.7 Å². The fourth-order valence-electron chi connectivity index (χ4n) is 8.52. The number of benzene rings is 7. The Morgan fingerprint density at radius 1 is 0.518 bits per heavy atom. The summed E-state index contributed by atoms with van der Waals surface area (Å²) in [5, 5.41) is 79.0. The normalized spacial score (nSPS) is 13.2. The number of halogens is 2. The number of hydrazine groups is 1. The van der Waals surface area contributed by atoms with Crippen molar-refractivity contribution in [1.29, 1.82) is 0 Å². The number of phenols is 5. The second-order valence-corrected chi connectivity index (χ2v) is 21.1. The van der Waals surface area contributed by atoms with E-state index < -0.39 is 65.2 Å². The van der Waals surface area contributed by atoms with Gasteiger partial charge < -0.3 is 52.1 Å². The molecule has 85 heavy (non-hydrogen) atoms. The molecule has 1 aliphatic carbocycles. The molecular formula is C53H44F2N16O12S2. The Morgan fingerprint density at radius 3 is 1.76 bits per heavy atom. The molecule has 0 aliphatic heterocycles. The summed E-state index contributed by atoms with van der Waals surface area (Å²) in [6, 6.07) is 27.3. The van der Waals surface area contributed by atoms with Gasteiger partial charge in [-0.15, -0.1) is 10.2 Å². The molecule has 14 N–H and O–H groups in total. The average Bonchev–Trinajstić information content (AvgIpc) is 2.78. The van der Waals surface area contributed by atoms with Crippen LogP contribution in [0.2, 0.25) is 0 Å². The lowest BCUT2D eigenvalue weighted by Crippen LogP contribution is -2.20. The highest BCUT2D eigenvalue weighted by atomic mass is 32.2. The minimum atomic E-state index is -4.66. The number of ketones is 1. The van der Waals surface area contributed by atoms with Crippen molar-refractivity contribution in [3.63, 3.8) is 0 Å². The summed E-state index contributed by atoms with van der Waals surface area (Å²) in [6.45, 7) is 0.226. The molecule has 0 radical (unpaired) electrons. The van der Waals surface area contributed by atoms with Crippen molar-refractivity contribution in [2.75, 3.05) is 50.5 Å². The molecule has 0 saturated carbocycles. The van der Waals surface area contributed by atoms with E-state index in [1.165, 1.54) is 60.7 Å². The van der Waals surface area contributed by atoms with Crippen LogP contribution < -0.4 is 37.4 Å². The first kappa shape index (κ1) is 57.3. The number of Topliss-reactive ketones (excluding diaryl/α,β-unsaturated/α-hetero) is 1. The standard InChI is InChI=1S/C53H44F2N16O12S2/c54-48-62-50(66-52(64-48)60-32-8-3-10-34(46(32)76)68-70-44-30(18-14-26-6-1-12-40(74)42(26)44)58-36-24-28(84(78,79)80)16-20-38(36)72)56-22-5-23-57-51-63-49(55)65-53(67-51)61-33-9-4-11-35(47(33)77)69-71-45-31(19-15-27-7-2-13-41(75)43(27)45)59-37-25-29(85(81,82)83)17-21-39(37)73/h1-4,6-16,18-20,24-25,58,69,71-72,74-77H,5,17,21-23H2,(H,78,79,80)(H,81,82,83)(H2,56,60,62,64,66)(H2,57,61,63,65,67). The van der Waals surface area contributed by atoms with Gasteiger partial charge in [-0.1, -0.05) is 48.5 Å². The second-order valence-electron chi connectivity index (χ2n) is 18.2. The van der Waals surface area contributed by atoms with Crippen molar-refractivity contribution in [2.24, 2.45) is 15.2 Å². The molecule has 0 atom stereocenters. The molecule has 0 bridgehead atoms. The van der Waals surface area contributed by atoms with Gasteiger partial charge >= 0.3 is 12.2 Å². The molecular weight excluding hydrogens is 1150 g/mol. The Balaban J connectivity index is 0.776. The lowest BCUT2D eigenvalue weighted by Gasteiger charge is -2.18. The fourth-order valence-corrected chi connectivity index (χ4v) is 9.65. The third kappa shape index (κ3) is 13.2. The van der Waals surface area contributed by atoms with E-state index in [2.05, 4.69) is 82.6 Å². The first-order chi connectivity index (χ1) is 40.6. The van der Waals surface area contributed by atoms with E-state index in [9.17, 15) is 65.0 Å². The van der Waals surface area contributed by atoms with E-state index in [4.69, 9.17) is 0 Å². The number of aliphatic imine (C=N–C) groups is 1. The Kier molecular flexibility index (Phi) is 16.1. The first-order valence-electron chi connectivity index (χ1n) is 24.9. The third-order valence-electron chi connectivity index (χ3n) is 12.5. The molecule has 2 heterocycles. The minimum Gasteiger partial charge on any atom is -0.507 e. The Bertz CT molecular complexity index is 4490. The maximum atomic E-state index is 14.8. The van der Waals surface area contributed by atoms with E-state index in [0.717, 1.165) is 24.3 Å². The summed E-state index contributed by atoms with van der Waals surface area (Å²) in [7, 11) is -9.27. The number of aromatic hydroxyl groups is 5. The van der Waals surface area contributed by atoms with E-state index >= 15 is 0 Å². The lowest BCUT2D eigenvalue weighted by molar-refractivity contribution is -0.112. The number of rotatable bonds is 20. The zero-order valence-electron chi connectivity index (χ0n) is 43.4. The van der Waals surface area contributed by atoms with Gasteiger partial charge in [0.1, 0.15) is 34.3 Å². The van der Waals surface area contributed by atoms with Crippen molar-refractivity contribution in [2.45, 2.75) is 24.2 Å². The lowest BCUT2D eigenvalue weighted by atomic mass is 10.0. The van der Waals surface area contributed by atoms with Gasteiger partial charge in [-0.25, -0.2) is 4.99 Å². The van der Waals surface area contributed by atoms with Gasteiger partial charge in [0.05, 0.1) is 60.4 Å². The highest BCUT2D eigenvalue weighted by Gasteiger charge is 2.26. The molecule has 0 spiro atoms. The van der Waals surface area contributed by atoms with Crippen molar-refractivity contribution in [1.82, 2.24) is 29.9 Å². The van der Waals surface area contributed by atoms with Crippen LogP contribution in [0.1, 0.15) is 19.3 Å². The van der Waals surface area contributed by atoms with Crippen LogP contribution in [0.25, 0.3) is 21.5 Å². The highest BCUT2D eigenvalue weighted by molar-refractivity contribution is 7.89. The molecule has 1 aliphatic rings. The molecule has 32 heteroatoms. The van der Waals surface area contributed by atoms with Crippen LogP contribution in [-0.2, 0) is 25.0 Å². The van der Waals surface area contributed by atoms with Gasteiger partial charge in [-0.05, 0) is 96.4 Å². The number of carbonyl (C=O) groups is 1. The minimum absolute atomic E-state index is 0.00571. The molecule has 0 amide bonds. The van der Waals surface area contributed by atoms with Gasteiger partial charge in [-0.3, -0.25) is 24.8 Å². The molecule has 10 rings (SSSR count). The number of hydrogen-bond acceptors (Lipinski definition) is 26. The molecule has 0 fully saturated rings. The van der Waals surface area contributed by atoms with Gasteiger partial charge in [-0.2, -0.15) is 55.5 Å². The monoisotopic (exact) mass is 1200 g/mol. The van der Waals surface area contributed by atoms with Crippen molar-refractivity contribution < 1.29 is 65.0 Å². The van der Waals surface area contributed by atoms with Gasteiger partial charge in [0.15, 0.2) is 17.3 Å². The number of para-hydroxylation sites is 2. The number of anilines is 10. The van der Waals surface area contributed by atoms with Crippen LogP contribution in [0.3, 0.4) is 0 Å². The molecule has 434 valence electrons. The van der Waals surface area contributed by atoms with Crippen LogP contribution in [-0.4, -0.2) is 106 Å². The number of nitrogens with one attached hydrogen (secondary N) is 7. The van der Waals surface area contributed by atoms with Crippen LogP contribution >= 0.6 is 0 Å². The number of hydrogen-bond donors (Lipinski definition) is 14. The number of aromatic nitrogens is 6. The van der Waals surface area contributed by atoms with Gasteiger partial charge in [0.25, 0.3) is 20.2 Å². The Labute approximate surface area is 478 Å². The van der Waals surface area contributed by atoms with Crippen molar-refractivity contribution in [3.05, 3.63) is 138 Å². The quantitative estimate of drug-likeness (QED) is 0.0111. The maximum absolute atomic E-state index is 14.8. The van der Waals surface area contributed by atoms with Crippen LogP contribution in [0, 0.1) is 12.2 Å². The summed E-state index contributed by atoms with van der Waals surface area (Å²) in [5.41, 5.74) is 5.48. The van der Waals surface area contributed by atoms with E-state index in [-0.39, 0.29) is 135 Å². The Hall–Kier alpha value is -11.0. The summed E-state index contributed by atoms with van der Waals surface area (Å²) < 4.78 is 96.3.